The first-order valence-corrected chi connectivity index (χ1v) is 12.3. The summed E-state index contributed by atoms with van der Waals surface area (Å²) in [4.78, 5) is 4.76. The van der Waals surface area contributed by atoms with Crippen LogP contribution in [0.25, 0.3) is 11.3 Å². The van der Waals surface area contributed by atoms with Crippen molar-refractivity contribution < 1.29 is 0 Å². The van der Waals surface area contributed by atoms with Gasteiger partial charge in [0.05, 0.1) is 5.69 Å². The highest BCUT2D eigenvalue weighted by molar-refractivity contribution is 5.59. The van der Waals surface area contributed by atoms with Crippen molar-refractivity contribution in [2.45, 2.75) is 97.3 Å². The minimum Gasteiger partial charge on any atom is -0.256 e. The minimum atomic E-state index is 0.938. The molecule has 0 bridgehead atoms. The molecule has 0 unspecified atom stereocenters. The lowest BCUT2D eigenvalue weighted by Crippen LogP contribution is -2.15. The van der Waals surface area contributed by atoms with Gasteiger partial charge in [-0.05, 0) is 54.7 Å². The molecular formula is C28H41N. The monoisotopic (exact) mass is 391 g/mol. The molecule has 0 aliphatic heterocycles. The van der Waals surface area contributed by atoms with Crippen molar-refractivity contribution in [3.63, 3.8) is 0 Å². The Morgan fingerprint density at radius 2 is 1.34 bits per heavy atom. The van der Waals surface area contributed by atoms with Crippen molar-refractivity contribution in [2.75, 3.05) is 0 Å². The molecule has 158 valence electrons. The quantitative estimate of drug-likeness (QED) is 0.350. The van der Waals surface area contributed by atoms with Crippen molar-refractivity contribution in [3.8, 4) is 11.3 Å². The molecule has 1 aliphatic rings. The van der Waals surface area contributed by atoms with Gasteiger partial charge in [-0.3, -0.25) is 4.98 Å². The van der Waals surface area contributed by atoms with Crippen LogP contribution in [0.5, 0.6) is 0 Å². The van der Waals surface area contributed by atoms with Crippen LogP contribution in [0.1, 0.15) is 95.6 Å². The molecule has 0 saturated heterocycles. The van der Waals surface area contributed by atoms with E-state index in [-0.39, 0.29) is 0 Å². The standard InChI is InChI=1S/C28H41N/c1-3-5-7-9-24-10-12-25(13-11-24)14-15-26-18-21-28(29-22-26)27-19-16-23(17-20-27)8-6-4-2/h16-22,24-25H,3-15H2,1-2H3. The van der Waals surface area contributed by atoms with Gasteiger partial charge in [0.15, 0.2) is 0 Å². The summed E-state index contributed by atoms with van der Waals surface area (Å²) in [7, 11) is 0. The molecule has 0 radical (unpaired) electrons. The van der Waals surface area contributed by atoms with Crippen molar-refractivity contribution in [1.82, 2.24) is 4.98 Å². The van der Waals surface area contributed by atoms with Crippen molar-refractivity contribution >= 4 is 0 Å². The number of aryl methyl sites for hydroxylation is 2. The third kappa shape index (κ3) is 7.28. The maximum atomic E-state index is 4.76. The minimum absolute atomic E-state index is 0.938. The predicted octanol–water partition coefficient (Wildman–Crippen LogP) is 8.41. The van der Waals surface area contributed by atoms with Crippen LogP contribution in [0.4, 0.5) is 0 Å². The molecule has 1 aliphatic carbocycles. The van der Waals surface area contributed by atoms with E-state index in [2.05, 4.69) is 56.4 Å². The fourth-order valence-electron chi connectivity index (χ4n) is 4.83. The van der Waals surface area contributed by atoms with Crippen LogP contribution in [0.2, 0.25) is 0 Å². The zero-order valence-corrected chi connectivity index (χ0v) is 18.8. The Kier molecular flexibility index (Phi) is 9.25. The number of hydrogen-bond acceptors (Lipinski definition) is 1. The van der Waals surface area contributed by atoms with Gasteiger partial charge in [0, 0.05) is 11.8 Å². The Morgan fingerprint density at radius 1 is 0.690 bits per heavy atom. The molecule has 0 atom stereocenters. The summed E-state index contributed by atoms with van der Waals surface area (Å²) < 4.78 is 0. The summed E-state index contributed by atoms with van der Waals surface area (Å²) in [6, 6.07) is 13.5. The van der Waals surface area contributed by atoms with E-state index < -0.39 is 0 Å². The smallest absolute Gasteiger partial charge is 0.0702 e. The van der Waals surface area contributed by atoms with E-state index in [0.29, 0.717) is 0 Å². The Morgan fingerprint density at radius 3 is 1.97 bits per heavy atom. The molecule has 1 fully saturated rings. The predicted molar refractivity (Wildman–Crippen MR) is 126 cm³/mol. The van der Waals surface area contributed by atoms with E-state index in [9.17, 15) is 0 Å². The third-order valence-corrected chi connectivity index (χ3v) is 6.92. The molecule has 3 rings (SSSR count). The highest BCUT2D eigenvalue weighted by Gasteiger charge is 2.20. The van der Waals surface area contributed by atoms with Crippen LogP contribution in [0.3, 0.4) is 0 Å². The first-order chi connectivity index (χ1) is 14.3. The third-order valence-electron chi connectivity index (χ3n) is 6.92. The van der Waals surface area contributed by atoms with Crippen LogP contribution in [-0.4, -0.2) is 4.98 Å². The van der Waals surface area contributed by atoms with Crippen LogP contribution >= 0.6 is 0 Å². The maximum absolute atomic E-state index is 4.76. The van der Waals surface area contributed by atoms with Gasteiger partial charge in [-0.2, -0.15) is 0 Å². The largest absolute Gasteiger partial charge is 0.256 e. The summed E-state index contributed by atoms with van der Waals surface area (Å²) in [6.45, 7) is 4.56. The second kappa shape index (κ2) is 12.2. The van der Waals surface area contributed by atoms with Crippen LogP contribution in [-0.2, 0) is 12.8 Å². The van der Waals surface area contributed by atoms with Gasteiger partial charge in [-0.15, -0.1) is 0 Å². The normalized spacial score (nSPS) is 19.4. The number of unbranched alkanes of at least 4 members (excludes halogenated alkanes) is 3. The van der Waals surface area contributed by atoms with Gasteiger partial charge >= 0.3 is 0 Å². The summed E-state index contributed by atoms with van der Waals surface area (Å²) in [5.74, 6) is 1.96. The van der Waals surface area contributed by atoms with E-state index in [1.807, 2.05) is 0 Å². The van der Waals surface area contributed by atoms with E-state index in [0.717, 1.165) is 17.5 Å². The molecule has 1 saturated carbocycles. The van der Waals surface area contributed by atoms with E-state index in [4.69, 9.17) is 4.98 Å². The SMILES string of the molecule is CCCCCC1CCC(CCc2ccc(-c3ccc(CCCC)cc3)nc2)CC1. The molecule has 1 aromatic heterocycles. The lowest BCUT2D eigenvalue weighted by molar-refractivity contribution is 0.249. The first-order valence-electron chi connectivity index (χ1n) is 12.3. The molecule has 1 heterocycles. The first kappa shape index (κ1) is 22.1. The average molecular weight is 392 g/mol. The summed E-state index contributed by atoms with van der Waals surface area (Å²) in [5.41, 5.74) is 5.17. The van der Waals surface area contributed by atoms with E-state index in [1.165, 1.54) is 100 Å². The molecule has 0 spiro atoms. The topological polar surface area (TPSA) is 12.9 Å². The molecule has 29 heavy (non-hydrogen) atoms. The number of hydrogen-bond donors (Lipinski definition) is 0. The van der Waals surface area contributed by atoms with E-state index in [1.54, 1.807) is 0 Å². The van der Waals surface area contributed by atoms with Gasteiger partial charge in [0.1, 0.15) is 0 Å². The van der Waals surface area contributed by atoms with Crippen molar-refractivity contribution in [3.05, 3.63) is 53.7 Å². The van der Waals surface area contributed by atoms with Gasteiger partial charge in [-0.1, -0.05) is 102 Å². The van der Waals surface area contributed by atoms with Crippen molar-refractivity contribution in [2.24, 2.45) is 11.8 Å². The fraction of sp³-hybridized carbons (Fsp3) is 0.607. The Balaban J connectivity index is 1.42. The van der Waals surface area contributed by atoms with Crippen molar-refractivity contribution in [1.29, 1.82) is 0 Å². The van der Waals surface area contributed by atoms with Gasteiger partial charge in [0.2, 0.25) is 0 Å². The summed E-state index contributed by atoms with van der Waals surface area (Å²) in [6.07, 6.45) is 19.9. The Hall–Kier alpha value is -1.63. The molecule has 0 amide bonds. The summed E-state index contributed by atoms with van der Waals surface area (Å²) >= 11 is 0. The molecular weight excluding hydrogens is 350 g/mol. The van der Waals surface area contributed by atoms with E-state index >= 15 is 0 Å². The zero-order valence-electron chi connectivity index (χ0n) is 18.8. The summed E-state index contributed by atoms with van der Waals surface area (Å²) in [5, 5.41) is 0. The van der Waals surface area contributed by atoms with Crippen LogP contribution in [0, 0.1) is 11.8 Å². The Bertz CT molecular complexity index is 677. The number of rotatable bonds is 11. The zero-order chi connectivity index (χ0) is 20.3. The molecule has 1 aromatic carbocycles. The van der Waals surface area contributed by atoms with Gasteiger partial charge in [-0.25, -0.2) is 0 Å². The maximum Gasteiger partial charge on any atom is 0.0702 e. The number of aromatic nitrogens is 1. The molecule has 1 heteroatoms. The number of nitrogens with zero attached hydrogens (tertiary/aromatic N) is 1. The highest BCUT2D eigenvalue weighted by Crippen LogP contribution is 2.34. The second-order valence-corrected chi connectivity index (χ2v) is 9.27. The highest BCUT2D eigenvalue weighted by atomic mass is 14.7. The second-order valence-electron chi connectivity index (χ2n) is 9.27. The molecule has 1 nitrogen and oxygen atoms in total. The fourth-order valence-corrected chi connectivity index (χ4v) is 4.83. The lowest BCUT2D eigenvalue weighted by Gasteiger charge is -2.28. The van der Waals surface area contributed by atoms with Crippen LogP contribution < -0.4 is 0 Å². The van der Waals surface area contributed by atoms with Gasteiger partial charge < -0.3 is 0 Å². The molecule has 0 N–H and O–H groups in total. The number of pyridine rings is 1. The van der Waals surface area contributed by atoms with Crippen LogP contribution in [0.15, 0.2) is 42.6 Å². The molecule has 2 aromatic rings. The van der Waals surface area contributed by atoms with Gasteiger partial charge in [0.25, 0.3) is 0 Å². The average Bonchev–Trinajstić information content (AvgIpc) is 2.78. The Labute approximate surface area is 179 Å². The lowest BCUT2D eigenvalue weighted by atomic mass is 9.78. The number of benzene rings is 1.